The number of rotatable bonds is 6. The molecule has 0 spiro atoms. The quantitative estimate of drug-likeness (QED) is 0.621. The Labute approximate surface area is 91.3 Å². The molecule has 2 rings (SSSR count). The van der Waals surface area contributed by atoms with Crippen molar-refractivity contribution in [3.63, 3.8) is 0 Å². The van der Waals surface area contributed by atoms with Crippen molar-refractivity contribution >= 4 is 0 Å². The fraction of sp³-hybridized carbons (Fsp3) is 0.538. The van der Waals surface area contributed by atoms with E-state index < -0.39 is 0 Å². The summed E-state index contributed by atoms with van der Waals surface area (Å²) in [6.07, 6.45) is 6.79. The van der Waals surface area contributed by atoms with Crippen molar-refractivity contribution in [1.82, 2.24) is 0 Å². The van der Waals surface area contributed by atoms with Gasteiger partial charge in [0.1, 0.15) is 0 Å². The lowest BCUT2D eigenvalue weighted by Crippen LogP contribution is -2.15. The molecule has 0 bridgehead atoms. The first-order chi connectivity index (χ1) is 7.30. The number of allylic oxidation sites excluding steroid dienone is 2. The first-order valence-corrected chi connectivity index (χ1v) is 5.40. The summed E-state index contributed by atoms with van der Waals surface area (Å²) >= 11 is 0. The van der Waals surface area contributed by atoms with Gasteiger partial charge in [0, 0.05) is 5.41 Å². The Morgan fingerprint density at radius 3 is 2.93 bits per heavy atom. The fourth-order valence-corrected chi connectivity index (χ4v) is 2.17. The molecule has 2 atom stereocenters. The smallest absolute Gasteiger partial charge is 0.0716 e. The first-order valence-electron chi connectivity index (χ1n) is 5.40. The molecule has 1 aliphatic carbocycles. The van der Waals surface area contributed by atoms with Gasteiger partial charge in [-0.3, -0.25) is 0 Å². The van der Waals surface area contributed by atoms with Gasteiger partial charge in [0.15, 0.2) is 0 Å². The van der Waals surface area contributed by atoms with Gasteiger partial charge in [-0.2, -0.15) is 0 Å². The lowest BCUT2D eigenvalue weighted by atomic mass is 10.1. The molecule has 2 fully saturated rings. The third kappa shape index (κ3) is 2.21. The summed E-state index contributed by atoms with van der Waals surface area (Å²) in [6.45, 7) is 10.7. The van der Waals surface area contributed by atoms with E-state index in [4.69, 9.17) is 9.47 Å². The topological polar surface area (TPSA) is 18.5 Å². The molecule has 15 heavy (non-hydrogen) atoms. The van der Waals surface area contributed by atoms with E-state index in [2.05, 4.69) is 13.2 Å². The van der Waals surface area contributed by atoms with Gasteiger partial charge in [0.25, 0.3) is 0 Å². The van der Waals surface area contributed by atoms with Crippen molar-refractivity contribution in [2.45, 2.75) is 6.42 Å². The highest BCUT2D eigenvalue weighted by molar-refractivity contribution is 5.21. The average molecular weight is 206 g/mol. The summed E-state index contributed by atoms with van der Waals surface area (Å²) in [5.74, 6) is 0.757. The van der Waals surface area contributed by atoms with E-state index in [9.17, 15) is 0 Å². The molecule has 0 aromatic rings. The van der Waals surface area contributed by atoms with Crippen molar-refractivity contribution < 1.29 is 9.47 Å². The van der Waals surface area contributed by atoms with Crippen LogP contribution in [0.25, 0.3) is 0 Å². The van der Waals surface area contributed by atoms with Gasteiger partial charge in [-0.05, 0) is 17.9 Å². The molecular formula is C13H18O2. The highest BCUT2D eigenvalue weighted by atomic mass is 16.5. The molecule has 0 amide bonds. The Hall–Kier alpha value is -0.860. The largest absolute Gasteiger partial charge is 0.380 e. The van der Waals surface area contributed by atoms with Crippen molar-refractivity contribution in [2.24, 2.45) is 11.3 Å². The predicted molar refractivity (Wildman–Crippen MR) is 60.7 cm³/mol. The third-order valence-corrected chi connectivity index (χ3v) is 3.32. The van der Waals surface area contributed by atoms with Crippen molar-refractivity contribution in [3.05, 3.63) is 37.0 Å². The second-order valence-corrected chi connectivity index (χ2v) is 4.45. The maximum Gasteiger partial charge on any atom is 0.0716 e. The molecule has 2 heteroatoms. The molecule has 1 saturated heterocycles. The molecule has 0 N–H and O–H groups in total. The summed E-state index contributed by atoms with van der Waals surface area (Å²) in [4.78, 5) is 0. The maximum absolute atomic E-state index is 5.70. The van der Waals surface area contributed by atoms with Crippen LogP contribution in [0.2, 0.25) is 0 Å². The molecular weight excluding hydrogens is 188 g/mol. The lowest BCUT2D eigenvalue weighted by molar-refractivity contribution is 0.0759. The van der Waals surface area contributed by atoms with Crippen molar-refractivity contribution in [3.8, 4) is 0 Å². The molecule has 1 saturated carbocycles. The summed E-state index contributed by atoms with van der Waals surface area (Å²) in [6, 6.07) is 0. The van der Waals surface area contributed by atoms with Crippen LogP contribution in [-0.4, -0.2) is 26.4 Å². The standard InChI is InChI=1S/C13H18O2/c1-3-5-11(4-2)7-14-9-13-6-12(13)8-15-10-13/h3-5,12H,1-2,6-10H2/b11-5+/t12-,13-/m1/s1. The minimum atomic E-state index is 0.362. The van der Waals surface area contributed by atoms with Crippen LogP contribution in [0.15, 0.2) is 37.0 Å². The molecule has 2 nitrogen and oxygen atoms in total. The van der Waals surface area contributed by atoms with E-state index in [0.29, 0.717) is 12.0 Å². The highest BCUT2D eigenvalue weighted by Gasteiger charge is 2.58. The van der Waals surface area contributed by atoms with Crippen LogP contribution in [-0.2, 0) is 9.47 Å². The van der Waals surface area contributed by atoms with Gasteiger partial charge >= 0.3 is 0 Å². The average Bonchev–Trinajstić information content (AvgIpc) is 2.79. The van der Waals surface area contributed by atoms with Crippen LogP contribution < -0.4 is 0 Å². The maximum atomic E-state index is 5.70. The third-order valence-electron chi connectivity index (χ3n) is 3.32. The van der Waals surface area contributed by atoms with E-state index in [-0.39, 0.29) is 0 Å². The minimum Gasteiger partial charge on any atom is -0.380 e. The normalized spacial score (nSPS) is 33.6. The summed E-state index contributed by atoms with van der Waals surface area (Å²) in [7, 11) is 0. The highest BCUT2D eigenvalue weighted by Crippen LogP contribution is 2.56. The zero-order chi connectivity index (χ0) is 10.7. The van der Waals surface area contributed by atoms with E-state index in [1.807, 2.05) is 12.2 Å². The summed E-state index contributed by atoms with van der Waals surface area (Å²) < 4.78 is 11.1. The molecule has 82 valence electrons. The van der Waals surface area contributed by atoms with Crippen LogP contribution in [0.3, 0.4) is 0 Å². The van der Waals surface area contributed by atoms with Crippen LogP contribution >= 0.6 is 0 Å². The number of hydrogen-bond acceptors (Lipinski definition) is 2. The van der Waals surface area contributed by atoms with Gasteiger partial charge in [-0.1, -0.05) is 31.4 Å². The fourth-order valence-electron chi connectivity index (χ4n) is 2.17. The summed E-state index contributed by atoms with van der Waals surface area (Å²) in [5, 5.41) is 0. The van der Waals surface area contributed by atoms with Gasteiger partial charge in [0.2, 0.25) is 0 Å². The van der Waals surface area contributed by atoms with Crippen LogP contribution in [0, 0.1) is 11.3 Å². The van der Waals surface area contributed by atoms with Crippen LogP contribution in [0.5, 0.6) is 0 Å². The molecule has 0 radical (unpaired) electrons. The first kappa shape index (κ1) is 10.7. The number of ether oxygens (including phenoxy) is 2. The lowest BCUT2D eigenvalue weighted by Gasteiger charge is -2.11. The molecule has 0 aromatic heterocycles. The SMILES string of the molecule is C=C/C=C(\C=C)COC[C@]12COC[C@H]1C2. The second-order valence-electron chi connectivity index (χ2n) is 4.45. The Balaban J connectivity index is 1.73. The van der Waals surface area contributed by atoms with Gasteiger partial charge < -0.3 is 9.47 Å². The summed E-state index contributed by atoms with van der Waals surface area (Å²) in [5.41, 5.74) is 1.44. The predicted octanol–water partition coefficient (Wildman–Crippen LogP) is 2.34. The molecule has 1 aliphatic heterocycles. The number of hydrogen-bond donors (Lipinski definition) is 0. The van der Waals surface area contributed by atoms with Gasteiger partial charge in [0.05, 0.1) is 26.4 Å². The van der Waals surface area contributed by atoms with Crippen molar-refractivity contribution in [1.29, 1.82) is 0 Å². The minimum absolute atomic E-state index is 0.362. The van der Waals surface area contributed by atoms with Gasteiger partial charge in [-0.25, -0.2) is 0 Å². The second kappa shape index (κ2) is 4.33. The Kier molecular flexibility index (Phi) is 3.08. The molecule has 1 heterocycles. The van der Waals surface area contributed by atoms with E-state index in [1.165, 1.54) is 6.42 Å². The Morgan fingerprint density at radius 1 is 1.53 bits per heavy atom. The van der Waals surface area contributed by atoms with Gasteiger partial charge in [-0.15, -0.1) is 0 Å². The Morgan fingerprint density at radius 2 is 2.40 bits per heavy atom. The van der Waals surface area contributed by atoms with Crippen LogP contribution in [0.4, 0.5) is 0 Å². The van der Waals surface area contributed by atoms with E-state index >= 15 is 0 Å². The van der Waals surface area contributed by atoms with E-state index in [0.717, 1.165) is 31.3 Å². The van der Waals surface area contributed by atoms with Crippen LogP contribution in [0.1, 0.15) is 6.42 Å². The van der Waals surface area contributed by atoms with Crippen molar-refractivity contribution in [2.75, 3.05) is 26.4 Å². The molecule has 0 aromatic carbocycles. The number of fused-ring (bicyclic) bond motifs is 1. The Bertz CT molecular complexity index is 293. The van der Waals surface area contributed by atoms with E-state index in [1.54, 1.807) is 6.08 Å². The zero-order valence-corrected chi connectivity index (χ0v) is 9.08. The molecule has 0 unspecified atom stereocenters. The molecule has 2 aliphatic rings. The monoisotopic (exact) mass is 206 g/mol. The zero-order valence-electron chi connectivity index (χ0n) is 9.08.